The van der Waals surface area contributed by atoms with Gasteiger partial charge in [0.05, 0.1) is 7.11 Å². The molecule has 0 spiro atoms. The highest BCUT2D eigenvalue weighted by Crippen LogP contribution is 2.34. The van der Waals surface area contributed by atoms with Crippen LogP contribution in [0.5, 0.6) is 0 Å². The fraction of sp³-hybridized carbons (Fsp3) is 0.188. The molecule has 102 valence electrons. The number of methoxy groups -OCH3 is 1. The minimum Gasteiger partial charge on any atom is -0.464 e. The number of hydrogen-bond acceptors (Lipinski definition) is 2. The molecule has 3 nitrogen and oxygen atoms in total. The second-order valence-electron chi connectivity index (χ2n) is 4.79. The Morgan fingerprint density at radius 1 is 1.35 bits per heavy atom. The molecule has 0 saturated heterocycles. The minimum atomic E-state index is -0.371. The van der Waals surface area contributed by atoms with Crippen molar-refractivity contribution in [1.82, 2.24) is 4.98 Å². The van der Waals surface area contributed by atoms with Crippen molar-refractivity contribution in [2.75, 3.05) is 7.11 Å². The molecular formula is C16H14FNO2. The predicted molar refractivity (Wildman–Crippen MR) is 74.7 cm³/mol. The molecule has 2 aromatic rings. The molecule has 0 amide bonds. The van der Waals surface area contributed by atoms with Crippen LogP contribution in [0.3, 0.4) is 0 Å². The van der Waals surface area contributed by atoms with Crippen molar-refractivity contribution in [3.8, 4) is 0 Å². The zero-order chi connectivity index (χ0) is 14.1. The highest BCUT2D eigenvalue weighted by molar-refractivity contribution is 5.92. The van der Waals surface area contributed by atoms with Gasteiger partial charge in [-0.15, -0.1) is 0 Å². The molecule has 0 aliphatic heterocycles. The summed E-state index contributed by atoms with van der Waals surface area (Å²) in [6, 6.07) is 8.28. The van der Waals surface area contributed by atoms with Crippen molar-refractivity contribution >= 4 is 17.6 Å². The maximum absolute atomic E-state index is 13.2. The van der Waals surface area contributed by atoms with Crippen molar-refractivity contribution < 1.29 is 13.9 Å². The van der Waals surface area contributed by atoms with E-state index in [0.717, 1.165) is 35.2 Å². The van der Waals surface area contributed by atoms with Crippen molar-refractivity contribution in [2.45, 2.75) is 12.8 Å². The van der Waals surface area contributed by atoms with E-state index in [1.165, 1.54) is 19.2 Å². The third-order valence-electron chi connectivity index (χ3n) is 3.48. The Hall–Kier alpha value is -2.36. The molecule has 1 aromatic carbocycles. The Labute approximate surface area is 116 Å². The number of H-pyrrole nitrogens is 1. The first kappa shape index (κ1) is 12.7. The van der Waals surface area contributed by atoms with Gasteiger partial charge in [0, 0.05) is 5.69 Å². The van der Waals surface area contributed by atoms with Gasteiger partial charge >= 0.3 is 5.97 Å². The summed E-state index contributed by atoms with van der Waals surface area (Å²) in [5.41, 5.74) is 4.45. The second kappa shape index (κ2) is 4.96. The maximum atomic E-state index is 13.2. The summed E-state index contributed by atoms with van der Waals surface area (Å²) in [6.07, 6.45) is 3.70. The Morgan fingerprint density at radius 3 is 2.95 bits per heavy atom. The van der Waals surface area contributed by atoms with E-state index in [9.17, 15) is 9.18 Å². The quantitative estimate of drug-likeness (QED) is 0.850. The zero-order valence-electron chi connectivity index (χ0n) is 11.1. The minimum absolute atomic E-state index is 0.248. The number of aromatic amines is 1. The molecule has 0 atom stereocenters. The molecule has 4 heteroatoms. The molecular weight excluding hydrogens is 257 g/mol. The Morgan fingerprint density at radius 2 is 2.20 bits per heavy atom. The number of aryl methyl sites for hydroxylation is 1. The number of esters is 1. The highest BCUT2D eigenvalue weighted by atomic mass is 19.1. The number of hydrogen-bond donors (Lipinski definition) is 1. The standard InChI is InChI=1S/C16H14FNO2/c1-20-16(19)15-9-13-11(5-6-14(13)18-15)7-10-3-2-4-12(17)8-10/h2-4,7-9,18H,5-6H2,1H3/b11-7-. The molecule has 1 aromatic heterocycles. The Bertz CT molecular complexity index is 700. The van der Waals surface area contributed by atoms with Crippen LogP contribution in [0.25, 0.3) is 11.6 Å². The summed E-state index contributed by atoms with van der Waals surface area (Å²) < 4.78 is 17.9. The van der Waals surface area contributed by atoms with Gasteiger partial charge in [-0.25, -0.2) is 9.18 Å². The van der Waals surface area contributed by atoms with Crippen LogP contribution in [0.15, 0.2) is 30.3 Å². The van der Waals surface area contributed by atoms with Crippen molar-refractivity contribution in [1.29, 1.82) is 0 Å². The first-order valence-electron chi connectivity index (χ1n) is 6.44. The molecule has 1 heterocycles. The van der Waals surface area contributed by atoms with Gasteiger partial charge in [0.2, 0.25) is 0 Å². The Balaban J connectivity index is 1.96. The third-order valence-corrected chi connectivity index (χ3v) is 3.48. The van der Waals surface area contributed by atoms with E-state index in [0.29, 0.717) is 5.69 Å². The molecule has 20 heavy (non-hydrogen) atoms. The van der Waals surface area contributed by atoms with Crippen LogP contribution in [0.4, 0.5) is 4.39 Å². The molecule has 0 unspecified atom stereocenters. The predicted octanol–water partition coefficient (Wildman–Crippen LogP) is 3.43. The topological polar surface area (TPSA) is 42.1 Å². The average Bonchev–Trinajstić information content (AvgIpc) is 3.00. The molecule has 1 aliphatic carbocycles. The van der Waals surface area contributed by atoms with E-state index in [1.54, 1.807) is 12.1 Å². The molecule has 0 radical (unpaired) electrons. The number of carbonyl (C=O) groups excluding carboxylic acids is 1. The van der Waals surface area contributed by atoms with Gasteiger partial charge in [0.1, 0.15) is 11.5 Å². The number of rotatable bonds is 2. The SMILES string of the molecule is COC(=O)c1cc2c([nH]1)CC/C2=C/c1cccc(F)c1. The normalized spacial score (nSPS) is 15.4. The number of ether oxygens (including phenoxy) is 1. The molecule has 0 saturated carbocycles. The molecule has 0 bridgehead atoms. The summed E-state index contributed by atoms with van der Waals surface area (Å²) in [5, 5.41) is 0. The lowest BCUT2D eigenvalue weighted by Crippen LogP contribution is -2.01. The van der Waals surface area contributed by atoms with Crippen LogP contribution in [0.1, 0.15) is 33.7 Å². The van der Waals surface area contributed by atoms with Gasteiger partial charge in [-0.05, 0) is 47.7 Å². The summed E-state index contributed by atoms with van der Waals surface area (Å²) in [7, 11) is 1.36. The summed E-state index contributed by atoms with van der Waals surface area (Å²) in [4.78, 5) is 14.6. The lowest BCUT2D eigenvalue weighted by Gasteiger charge is -1.99. The van der Waals surface area contributed by atoms with E-state index in [2.05, 4.69) is 4.98 Å². The van der Waals surface area contributed by atoms with Crippen LogP contribution >= 0.6 is 0 Å². The Kier molecular flexibility index (Phi) is 3.14. The lowest BCUT2D eigenvalue weighted by molar-refractivity contribution is 0.0594. The highest BCUT2D eigenvalue weighted by Gasteiger charge is 2.21. The van der Waals surface area contributed by atoms with E-state index in [4.69, 9.17) is 4.74 Å². The van der Waals surface area contributed by atoms with Gasteiger partial charge in [-0.1, -0.05) is 18.2 Å². The second-order valence-corrected chi connectivity index (χ2v) is 4.79. The molecule has 1 N–H and O–H groups in total. The number of fused-ring (bicyclic) bond motifs is 1. The fourth-order valence-electron chi connectivity index (χ4n) is 2.54. The first-order valence-corrected chi connectivity index (χ1v) is 6.44. The van der Waals surface area contributed by atoms with Crippen molar-refractivity contribution in [3.63, 3.8) is 0 Å². The van der Waals surface area contributed by atoms with Gasteiger partial charge in [-0.3, -0.25) is 0 Å². The fourth-order valence-corrected chi connectivity index (χ4v) is 2.54. The maximum Gasteiger partial charge on any atom is 0.354 e. The van der Waals surface area contributed by atoms with Crippen LogP contribution in [-0.4, -0.2) is 18.1 Å². The molecule has 1 aliphatic rings. The van der Waals surface area contributed by atoms with Gasteiger partial charge in [0.15, 0.2) is 0 Å². The average molecular weight is 271 g/mol. The van der Waals surface area contributed by atoms with Gasteiger partial charge < -0.3 is 9.72 Å². The monoisotopic (exact) mass is 271 g/mol. The van der Waals surface area contributed by atoms with E-state index in [-0.39, 0.29) is 11.8 Å². The molecule has 3 rings (SSSR count). The smallest absolute Gasteiger partial charge is 0.354 e. The number of nitrogens with one attached hydrogen (secondary N) is 1. The third kappa shape index (κ3) is 2.25. The van der Waals surface area contributed by atoms with Crippen LogP contribution in [0.2, 0.25) is 0 Å². The van der Waals surface area contributed by atoms with Crippen LogP contribution in [-0.2, 0) is 11.2 Å². The summed E-state index contributed by atoms with van der Waals surface area (Å²) >= 11 is 0. The van der Waals surface area contributed by atoms with E-state index < -0.39 is 0 Å². The number of carbonyl (C=O) groups is 1. The van der Waals surface area contributed by atoms with Crippen molar-refractivity contribution in [2.24, 2.45) is 0 Å². The molecule has 0 fully saturated rings. The van der Waals surface area contributed by atoms with E-state index in [1.807, 2.05) is 12.1 Å². The van der Waals surface area contributed by atoms with Crippen LogP contribution in [0, 0.1) is 5.82 Å². The first-order chi connectivity index (χ1) is 9.67. The summed E-state index contributed by atoms with van der Waals surface area (Å²) in [6.45, 7) is 0. The van der Waals surface area contributed by atoms with Crippen molar-refractivity contribution in [3.05, 3.63) is 58.7 Å². The zero-order valence-corrected chi connectivity index (χ0v) is 11.1. The van der Waals surface area contributed by atoms with Gasteiger partial charge in [-0.2, -0.15) is 0 Å². The number of halogens is 1. The summed E-state index contributed by atoms with van der Waals surface area (Å²) in [5.74, 6) is -0.619. The number of allylic oxidation sites excluding steroid dienone is 1. The van der Waals surface area contributed by atoms with Gasteiger partial charge in [0.25, 0.3) is 0 Å². The largest absolute Gasteiger partial charge is 0.464 e. The number of benzene rings is 1. The van der Waals surface area contributed by atoms with E-state index >= 15 is 0 Å². The lowest BCUT2D eigenvalue weighted by atomic mass is 10.1. The van der Waals surface area contributed by atoms with Crippen LogP contribution < -0.4 is 0 Å². The number of aromatic nitrogens is 1.